The molecule has 0 saturated carbocycles. The largest absolute Gasteiger partial charge is 0.339 e. The Morgan fingerprint density at radius 2 is 1.61 bits per heavy atom. The summed E-state index contributed by atoms with van der Waals surface area (Å²) in [7, 11) is -3.47. The fourth-order valence-corrected chi connectivity index (χ4v) is 4.37. The molecule has 124 valence electrons. The maximum atomic E-state index is 12.4. The van der Waals surface area contributed by atoms with Crippen molar-refractivity contribution in [2.45, 2.75) is 17.9 Å². The van der Waals surface area contributed by atoms with Gasteiger partial charge in [0.2, 0.25) is 0 Å². The van der Waals surface area contributed by atoms with E-state index in [9.17, 15) is 8.42 Å². The second-order valence-corrected chi connectivity index (χ2v) is 8.62. The van der Waals surface area contributed by atoms with Crippen LogP contribution in [0.4, 0.5) is 0 Å². The first-order valence-electron chi connectivity index (χ1n) is 7.06. The first-order chi connectivity index (χ1) is 10.8. The predicted molar refractivity (Wildman–Crippen MR) is 95.2 cm³/mol. The molecule has 0 radical (unpaired) electrons. The number of hydrogen-bond acceptors (Lipinski definition) is 2. The molecule has 0 unspecified atom stereocenters. The molecule has 0 amide bonds. The number of sulfone groups is 1. The van der Waals surface area contributed by atoms with E-state index >= 15 is 0 Å². The van der Waals surface area contributed by atoms with Gasteiger partial charge in [0.15, 0.2) is 9.84 Å². The Balaban J connectivity index is 1.99. The van der Waals surface area contributed by atoms with Crippen molar-refractivity contribution in [1.82, 2.24) is 0 Å². The molecule has 2 N–H and O–H groups in total. The van der Waals surface area contributed by atoms with Gasteiger partial charge in [-0.25, -0.2) is 8.42 Å². The lowest BCUT2D eigenvalue weighted by Gasteiger charge is -2.12. The summed E-state index contributed by atoms with van der Waals surface area (Å²) in [5, 5.41) is 3.20. The third kappa shape index (κ3) is 5.10. The van der Waals surface area contributed by atoms with Crippen molar-refractivity contribution in [3.63, 3.8) is 0 Å². The topological polar surface area (TPSA) is 50.8 Å². The third-order valence-electron chi connectivity index (χ3n) is 3.53. The van der Waals surface area contributed by atoms with Gasteiger partial charge in [0.05, 0.1) is 16.5 Å². The Kier molecular flexibility index (Phi) is 6.34. The van der Waals surface area contributed by atoms with E-state index in [0.717, 1.165) is 5.56 Å². The molecule has 3 nitrogen and oxygen atoms in total. The average Bonchev–Trinajstić information content (AvgIpc) is 2.50. The summed E-state index contributed by atoms with van der Waals surface area (Å²) in [6, 6.07) is 12.1. The van der Waals surface area contributed by atoms with E-state index in [-0.39, 0.29) is 21.7 Å². The molecule has 0 bridgehead atoms. The highest BCUT2D eigenvalue weighted by Crippen LogP contribution is 2.25. The average molecular weight is 394 g/mol. The molecule has 2 aromatic rings. The van der Waals surface area contributed by atoms with Crippen molar-refractivity contribution in [2.75, 3.05) is 12.3 Å². The maximum absolute atomic E-state index is 12.4. The highest BCUT2D eigenvalue weighted by Gasteiger charge is 2.20. The van der Waals surface area contributed by atoms with Gasteiger partial charge in [0, 0.05) is 15.6 Å². The number of benzene rings is 2. The molecule has 0 heterocycles. The van der Waals surface area contributed by atoms with Crippen molar-refractivity contribution in [1.29, 1.82) is 0 Å². The Bertz CT molecular complexity index is 776. The number of nitrogens with two attached hydrogens (primary N) is 1. The second kappa shape index (κ2) is 7.86. The van der Waals surface area contributed by atoms with Crippen molar-refractivity contribution >= 4 is 44.6 Å². The molecule has 0 aliphatic carbocycles. The Morgan fingerprint density at radius 1 is 1.00 bits per heavy atom. The summed E-state index contributed by atoms with van der Waals surface area (Å²) in [6.45, 7) is 2.44. The Labute approximate surface area is 151 Å². The number of quaternary nitrogens is 1. The van der Waals surface area contributed by atoms with Crippen LogP contribution in [0.25, 0.3) is 0 Å². The van der Waals surface area contributed by atoms with Crippen LogP contribution in [0.2, 0.25) is 15.1 Å². The van der Waals surface area contributed by atoms with Gasteiger partial charge in [-0.2, -0.15) is 0 Å². The van der Waals surface area contributed by atoms with Crippen LogP contribution in [0.1, 0.15) is 18.5 Å². The molecular formula is C16H17Cl3NO2S+. The minimum absolute atomic E-state index is 0.00894. The highest BCUT2D eigenvalue weighted by molar-refractivity contribution is 7.91. The van der Waals surface area contributed by atoms with Crippen LogP contribution in [0.5, 0.6) is 0 Å². The Hall–Kier alpha value is -0.780. The summed E-state index contributed by atoms with van der Waals surface area (Å²) in [5.74, 6) is -0.00894. The molecule has 0 aliphatic rings. The molecule has 0 fully saturated rings. The summed E-state index contributed by atoms with van der Waals surface area (Å²) in [6.07, 6.45) is 0. The smallest absolute Gasteiger partial charge is 0.185 e. The minimum Gasteiger partial charge on any atom is -0.339 e. The molecule has 7 heteroatoms. The van der Waals surface area contributed by atoms with E-state index in [1.54, 1.807) is 6.07 Å². The van der Waals surface area contributed by atoms with Gasteiger partial charge in [-0.15, -0.1) is 0 Å². The van der Waals surface area contributed by atoms with E-state index in [1.807, 2.05) is 36.5 Å². The van der Waals surface area contributed by atoms with Crippen LogP contribution in [-0.2, 0) is 9.84 Å². The van der Waals surface area contributed by atoms with Gasteiger partial charge >= 0.3 is 0 Å². The first kappa shape index (κ1) is 18.6. The van der Waals surface area contributed by atoms with Crippen molar-refractivity contribution in [3.05, 3.63) is 63.1 Å². The molecule has 0 aromatic heterocycles. The van der Waals surface area contributed by atoms with Crippen molar-refractivity contribution < 1.29 is 13.7 Å². The lowest BCUT2D eigenvalue weighted by atomic mass is 10.1. The molecule has 2 aromatic carbocycles. The Morgan fingerprint density at radius 3 is 2.26 bits per heavy atom. The van der Waals surface area contributed by atoms with Crippen LogP contribution < -0.4 is 5.32 Å². The van der Waals surface area contributed by atoms with Crippen LogP contribution in [0, 0.1) is 0 Å². The van der Waals surface area contributed by atoms with Crippen LogP contribution in [0.3, 0.4) is 0 Å². The first-order valence-corrected chi connectivity index (χ1v) is 9.85. The van der Waals surface area contributed by atoms with Gasteiger partial charge < -0.3 is 5.32 Å². The maximum Gasteiger partial charge on any atom is 0.185 e. The molecule has 0 spiro atoms. The van der Waals surface area contributed by atoms with E-state index in [4.69, 9.17) is 34.8 Å². The van der Waals surface area contributed by atoms with Crippen molar-refractivity contribution in [3.8, 4) is 0 Å². The van der Waals surface area contributed by atoms with E-state index < -0.39 is 9.84 Å². The van der Waals surface area contributed by atoms with Crippen LogP contribution in [0.15, 0.2) is 47.4 Å². The SMILES string of the molecule is C[C@@H]([NH2+]CCS(=O)(=O)c1cc(Cl)ccc1Cl)c1ccc(Cl)cc1. The van der Waals surface area contributed by atoms with Gasteiger partial charge in [-0.1, -0.05) is 46.9 Å². The lowest BCUT2D eigenvalue weighted by molar-refractivity contribution is -0.689. The number of rotatable bonds is 6. The van der Waals surface area contributed by atoms with E-state index in [1.165, 1.54) is 12.1 Å². The van der Waals surface area contributed by atoms with E-state index in [2.05, 4.69) is 0 Å². The fourth-order valence-electron chi connectivity index (χ4n) is 2.20. The van der Waals surface area contributed by atoms with Gasteiger partial charge in [-0.3, -0.25) is 0 Å². The molecular weight excluding hydrogens is 377 g/mol. The molecule has 1 atom stereocenters. The summed E-state index contributed by atoms with van der Waals surface area (Å²) < 4.78 is 24.8. The quantitative estimate of drug-likeness (QED) is 0.812. The zero-order valence-corrected chi connectivity index (χ0v) is 15.6. The second-order valence-electron chi connectivity index (χ2n) is 5.26. The molecule has 0 aliphatic heterocycles. The number of halogens is 3. The summed E-state index contributed by atoms with van der Waals surface area (Å²) in [4.78, 5) is 0.0826. The fraction of sp³-hybridized carbons (Fsp3) is 0.250. The van der Waals surface area contributed by atoms with Gasteiger partial charge in [0.25, 0.3) is 0 Å². The number of hydrogen-bond donors (Lipinski definition) is 1. The monoisotopic (exact) mass is 392 g/mol. The normalized spacial score (nSPS) is 13.0. The minimum atomic E-state index is -3.47. The highest BCUT2D eigenvalue weighted by atomic mass is 35.5. The van der Waals surface area contributed by atoms with Crippen molar-refractivity contribution in [2.24, 2.45) is 0 Å². The summed E-state index contributed by atoms with van der Waals surface area (Å²) in [5.41, 5.74) is 1.09. The standard InChI is InChI=1S/C16H16Cl3NO2S/c1-11(12-2-4-13(17)5-3-12)20-8-9-23(21,22)16-10-14(18)6-7-15(16)19/h2-7,10-11,20H,8-9H2,1H3/p+1/t11-/m1/s1. The zero-order valence-electron chi connectivity index (χ0n) is 12.5. The molecule has 0 saturated heterocycles. The van der Waals surface area contributed by atoms with Crippen LogP contribution in [-0.4, -0.2) is 20.7 Å². The third-order valence-corrected chi connectivity index (χ3v) is 6.24. The van der Waals surface area contributed by atoms with E-state index in [0.29, 0.717) is 16.6 Å². The molecule has 23 heavy (non-hydrogen) atoms. The predicted octanol–water partition coefficient (Wildman–Crippen LogP) is 3.75. The van der Waals surface area contributed by atoms with Gasteiger partial charge in [-0.05, 0) is 37.3 Å². The van der Waals surface area contributed by atoms with Crippen LogP contribution >= 0.6 is 34.8 Å². The zero-order chi connectivity index (χ0) is 17.0. The van der Waals surface area contributed by atoms with Gasteiger partial charge in [0.1, 0.15) is 11.8 Å². The molecule has 2 rings (SSSR count). The summed E-state index contributed by atoms with van der Waals surface area (Å²) >= 11 is 17.7. The lowest BCUT2D eigenvalue weighted by Crippen LogP contribution is -2.85.